The monoisotopic (exact) mass is 285 g/mol. The van der Waals surface area contributed by atoms with E-state index >= 15 is 0 Å². The molecule has 1 amide bonds. The number of aromatic nitrogens is 2. The second-order valence-electron chi connectivity index (χ2n) is 5.24. The van der Waals surface area contributed by atoms with Gasteiger partial charge in [0.15, 0.2) is 0 Å². The largest absolute Gasteiger partial charge is 0.381 e. The molecule has 0 bridgehead atoms. The van der Waals surface area contributed by atoms with E-state index in [2.05, 4.69) is 15.3 Å². The van der Waals surface area contributed by atoms with Crippen LogP contribution in [-0.2, 0) is 4.74 Å². The van der Waals surface area contributed by atoms with E-state index in [1.807, 2.05) is 25.3 Å². The Bertz CT molecular complexity index is 651. The van der Waals surface area contributed by atoms with Crippen molar-refractivity contribution in [1.29, 1.82) is 0 Å². The van der Waals surface area contributed by atoms with E-state index in [-0.39, 0.29) is 5.91 Å². The molecule has 3 heterocycles. The molecule has 0 radical (unpaired) electrons. The molecule has 0 aliphatic carbocycles. The fourth-order valence-electron chi connectivity index (χ4n) is 2.81. The number of ether oxygens (including phenoxy) is 1. The summed E-state index contributed by atoms with van der Waals surface area (Å²) < 4.78 is 5.44. The predicted octanol–water partition coefficient (Wildman–Crippen LogP) is 2.27. The van der Waals surface area contributed by atoms with E-state index in [9.17, 15) is 4.79 Å². The number of carbonyl (C=O) groups excluding carboxylic acids is 1. The van der Waals surface area contributed by atoms with Crippen LogP contribution in [0.2, 0.25) is 0 Å². The third-order valence-corrected chi connectivity index (χ3v) is 3.87. The molecule has 5 heteroatoms. The summed E-state index contributed by atoms with van der Waals surface area (Å²) in [4.78, 5) is 20.8. The van der Waals surface area contributed by atoms with Gasteiger partial charge in [-0.2, -0.15) is 0 Å². The number of rotatable bonds is 3. The first kappa shape index (κ1) is 13.9. The van der Waals surface area contributed by atoms with Crippen LogP contribution in [-0.4, -0.2) is 35.6 Å². The summed E-state index contributed by atoms with van der Waals surface area (Å²) in [7, 11) is 0. The lowest BCUT2D eigenvalue weighted by Crippen LogP contribution is -2.24. The van der Waals surface area contributed by atoms with Crippen molar-refractivity contribution in [2.24, 2.45) is 0 Å². The molecule has 3 rings (SSSR count). The van der Waals surface area contributed by atoms with Gasteiger partial charge in [-0.15, -0.1) is 0 Å². The van der Waals surface area contributed by atoms with Gasteiger partial charge in [-0.1, -0.05) is 0 Å². The fourth-order valence-corrected chi connectivity index (χ4v) is 2.81. The zero-order valence-corrected chi connectivity index (χ0v) is 12.1. The van der Waals surface area contributed by atoms with Crippen LogP contribution in [0.3, 0.4) is 0 Å². The molecule has 1 saturated heterocycles. The van der Waals surface area contributed by atoms with Gasteiger partial charge in [0.2, 0.25) is 0 Å². The van der Waals surface area contributed by atoms with E-state index in [4.69, 9.17) is 4.74 Å². The second kappa shape index (κ2) is 6.18. The highest BCUT2D eigenvalue weighted by molar-refractivity contribution is 5.95. The van der Waals surface area contributed by atoms with E-state index < -0.39 is 0 Å². The van der Waals surface area contributed by atoms with Crippen LogP contribution in [0.4, 0.5) is 0 Å². The number of pyridine rings is 2. The van der Waals surface area contributed by atoms with Gasteiger partial charge in [0, 0.05) is 37.5 Å². The third-order valence-electron chi connectivity index (χ3n) is 3.87. The Hall–Kier alpha value is -2.01. The highest BCUT2D eigenvalue weighted by Crippen LogP contribution is 2.32. The zero-order chi connectivity index (χ0) is 14.7. The van der Waals surface area contributed by atoms with E-state index in [0.29, 0.717) is 18.2 Å². The van der Waals surface area contributed by atoms with Crippen molar-refractivity contribution in [2.45, 2.75) is 25.7 Å². The normalized spacial score (nSPS) is 16.0. The minimum atomic E-state index is -0.121. The lowest BCUT2D eigenvalue weighted by atomic mass is 9.89. The summed E-state index contributed by atoms with van der Waals surface area (Å²) in [6.07, 6.45) is 5.50. The van der Waals surface area contributed by atoms with Crippen molar-refractivity contribution in [2.75, 3.05) is 19.8 Å². The topological polar surface area (TPSA) is 64.1 Å². The Morgan fingerprint density at radius 3 is 3.00 bits per heavy atom. The summed E-state index contributed by atoms with van der Waals surface area (Å²) in [6.45, 7) is 4.04. The molecule has 1 aliphatic rings. The van der Waals surface area contributed by atoms with Crippen molar-refractivity contribution in [1.82, 2.24) is 15.3 Å². The number of fused-ring (bicyclic) bond motifs is 1. The highest BCUT2D eigenvalue weighted by Gasteiger charge is 2.21. The lowest BCUT2D eigenvalue weighted by Gasteiger charge is -2.23. The van der Waals surface area contributed by atoms with Gasteiger partial charge in [0.25, 0.3) is 5.91 Å². The maximum atomic E-state index is 12.1. The van der Waals surface area contributed by atoms with Gasteiger partial charge in [-0.05, 0) is 43.4 Å². The van der Waals surface area contributed by atoms with Crippen LogP contribution >= 0.6 is 0 Å². The Balaban J connectivity index is 2.08. The lowest BCUT2D eigenvalue weighted by molar-refractivity contribution is 0.0855. The van der Waals surface area contributed by atoms with Crippen LogP contribution in [0.5, 0.6) is 0 Å². The van der Waals surface area contributed by atoms with Crippen LogP contribution in [0.1, 0.15) is 41.7 Å². The van der Waals surface area contributed by atoms with Crippen LogP contribution in [0.25, 0.3) is 10.9 Å². The summed E-state index contributed by atoms with van der Waals surface area (Å²) >= 11 is 0. The molecule has 1 fully saturated rings. The molecular weight excluding hydrogens is 266 g/mol. The highest BCUT2D eigenvalue weighted by atomic mass is 16.5. The van der Waals surface area contributed by atoms with E-state index in [1.165, 1.54) is 0 Å². The minimum absolute atomic E-state index is 0.121. The fraction of sp³-hybridized carbons (Fsp3) is 0.438. The van der Waals surface area contributed by atoms with Gasteiger partial charge >= 0.3 is 0 Å². The molecule has 0 atom stereocenters. The first-order valence-electron chi connectivity index (χ1n) is 7.40. The number of hydrogen-bond donors (Lipinski definition) is 1. The molecule has 21 heavy (non-hydrogen) atoms. The van der Waals surface area contributed by atoms with Crippen molar-refractivity contribution >= 4 is 16.8 Å². The SMILES string of the molecule is CCNC(=O)c1cc(C2CCOCC2)c2cnccc2n1. The van der Waals surface area contributed by atoms with Crippen molar-refractivity contribution < 1.29 is 9.53 Å². The number of nitrogens with one attached hydrogen (secondary N) is 1. The molecule has 110 valence electrons. The van der Waals surface area contributed by atoms with Crippen molar-refractivity contribution in [3.05, 3.63) is 35.8 Å². The zero-order valence-electron chi connectivity index (χ0n) is 12.1. The first-order chi connectivity index (χ1) is 10.3. The third kappa shape index (κ3) is 2.88. The Labute approximate surface area is 123 Å². The summed E-state index contributed by atoms with van der Waals surface area (Å²) in [5.74, 6) is 0.283. The first-order valence-corrected chi connectivity index (χ1v) is 7.40. The van der Waals surface area contributed by atoms with E-state index in [0.717, 1.165) is 42.5 Å². The maximum Gasteiger partial charge on any atom is 0.269 e. The quantitative estimate of drug-likeness (QED) is 0.939. The molecule has 2 aromatic heterocycles. The van der Waals surface area contributed by atoms with Gasteiger partial charge < -0.3 is 10.1 Å². The molecule has 0 unspecified atom stereocenters. The van der Waals surface area contributed by atoms with Gasteiger partial charge in [0.05, 0.1) is 5.52 Å². The molecule has 0 saturated carbocycles. The van der Waals surface area contributed by atoms with Gasteiger partial charge in [-0.25, -0.2) is 4.98 Å². The molecular formula is C16H19N3O2. The summed E-state index contributed by atoms with van der Waals surface area (Å²) in [5, 5.41) is 3.85. The van der Waals surface area contributed by atoms with Gasteiger partial charge in [0.1, 0.15) is 5.69 Å². The molecule has 0 spiro atoms. The molecule has 1 aliphatic heterocycles. The smallest absolute Gasteiger partial charge is 0.269 e. The minimum Gasteiger partial charge on any atom is -0.381 e. The molecule has 5 nitrogen and oxygen atoms in total. The number of amides is 1. The maximum absolute atomic E-state index is 12.1. The predicted molar refractivity (Wildman–Crippen MR) is 80.3 cm³/mol. The number of hydrogen-bond acceptors (Lipinski definition) is 4. The number of nitrogens with zero attached hydrogens (tertiary/aromatic N) is 2. The van der Waals surface area contributed by atoms with Crippen LogP contribution in [0.15, 0.2) is 24.5 Å². The average Bonchev–Trinajstić information content (AvgIpc) is 2.55. The average molecular weight is 285 g/mol. The van der Waals surface area contributed by atoms with Crippen LogP contribution < -0.4 is 5.32 Å². The number of carbonyl (C=O) groups is 1. The summed E-state index contributed by atoms with van der Waals surface area (Å²) in [6, 6.07) is 3.78. The standard InChI is InChI=1S/C16H19N3O2/c1-2-18-16(20)15-9-12(11-4-7-21-8-5-11)13-10-17-6-3-14(13)19-15/h3,6,9-11H,2,4-5,7-8H2,1H3,(H,18,20). The van der Waals surface area contributed by atoms with Crippen molar-refractivity contribution in [3.8, 4) is 0 Å². The Morgan fingerprint density at radius 1 is 1.43 bits per heavy atom. The Morgan fingerprint density at radius 2 is 2.24 bits per heavy atom. The Kier molecular flexibility index (Phi) is 4.10. The van der Waals surface area contributed by atoms with Crippen LogP contribution in [0, 0.1) is 0 Å². The van der Waals surface area contributed by atoms with E-state index in [1.54, 1.807) is 6.20 Å². The summed E-state index contributed by atoms with van der Waals surface area (Å²) in [5.41, 5.74) is 2.48. The van der Waals surface area contributed by atoms with Gasteiger partial charge in [-0.3, -0.25) is 9.78 Å². The second-order valence-corrected chi connectivity index (χ2v) is 5.24. The van der Waals surface area contributed by atoms with Crippen molar-refractivity contribution in [3.63, 3.8) is 0 Å². The molecule has 0 aromatic carbocycles. The molecule has 1 N–H and O–H groups in total. The molecule has 2 aromatic rings.